The van der Waals surface area contributed by atoms with Gasteiger partial charge >= 0.3 is 6.09 Å². The van der Waals surface area contributed by atoms with Crippen molar-refractivity contribution in [2.45, 2.75) is 12.7 Å². The number of benzene rings is 1. The molecule has 0 bridgehead atoms. The molecule has 2 rings (SSSR count). The first-order valence-corrected chi connectivity index (χ1v) is 4.58. The van der Waals surface area contributed by atoms with Gasteiger partial charge < -0.3 is 20.3 Å². The Bertz CT molecular complexity index is 391. The molecule has 1 saturated heterocycles. The van der Waals surface area contributed by atoms with Gasteiger partial charge in [-0.1, -0.05) is 6.07 Å². The van der Waals surface area contributed by atoms with E-state index < -0.39 is 6.09 Å². The zero-order valence-corrected chi connectivity index (χ0v) is 7.93. The van der Waals surface area contributed by atoms with E-state index in [2.05, 4.69) is 5.32 Å². The molecule has 1 aliphatic rings. The normalized spacial score (nSPS) is 19.8. The van der Waals surface area contributed by atoms with Gasteiger partial charge in [0.25, 0.3) is 0 Å². The molecule has 0 aromatic heterocycles. The maximum Gasteiger partial charge on any atom is 0.407 e. The first-order valence-electron chi connectivity index (χ1n) is 4.58. The van der Waals surface area contributed by atoms with Gasteiger partial charge in [-0.25, -0.2) is 4.79 Å². The molecule has 1 aromatic rings. The minimum absolute atomic E-state index is 0.0403. The van der Waals surface area contributed by atoms with Crippen molar-refractivity contribution in [3.05, 3.63) is 29.3 Å². The zero-order chi connectivity index (χ0) is 10.8. The molecule has 1 atom stereocenters. The fraction of sp³-hybridized carbons (Fsp3) is 0.300. The predicted octanol–water partition coefficient (Wildman–Crippen LogP) is 0.665. The van der Waals surface area contributed by atoms with Crippen molar-refractivity contribution in [2.24, 2.45) is 0 Å². The van der Waals surface area contributed by atoms with E-state index in [1.54, 1.807) is 12.1 Å². The van der Waals surface area contributed by atoms with Crippen LogP contribution in [0.25, 0.3) is 0 Å². The van der Waals surface area contributed by atoms with Crippen LogP contribution >= 0.6 is 0 Å². The Labute approximate surface area is 86.3 Å². The number of rotatable bonds is 2. The Morgan fingerprint density at radius 3 is 2.93 bits per heavy atom. The number of phenols is 1. The van der Waals surface area contributed by atoms with Gasteiger partial charge in [0.15, 0.2) is 0 Å². The van der Waals surface area contributed by atoms with Crippen LogP contribution in [0.15, 0.2) is 18.2 Å². The number of amides is 1. The molecular weight excluding hydrogens is 198 g/mol. The molecule has 80 valence electrons. The lowest BCUT2D eigenvalue weighted by atomic mass is 10.1. The van der Waals surface area contributed by atoms with Crippen LogP contribution in [0.1, 0.15) is 17.2 Å². The third kappa shape index (κ3) is 1.87. The minimum Gasteiger partial charge on any atom is -0.508 e. The van der Waals surface area contributed by atoms with E-state index in [-0.39, 0.29) is 18.5 Å². The molecule has 0 aliphatic carbocycles. The second-order valence-electron chi connectivity index (χ2n) is 3.32. The smallest absolute Gasteiger partial charge is 0.407 e. The molecule has 0 unspecified atom stereocenters. The molecule has 0 spiro atoms. The van der Waals surface area contributed by atoms with Gasteiger partial charge in [0.05, 0.1) is 13.2 Å². The van der Waals surface area contributed by atoms with Crippen LogP contribution in [0, 0.1) is 0 Å². The number of aliphatic hydroxyl groups is 1. The maximum atomic E-state index is 10.8. The second kappa shape index (κ2) is 3.78. The fourth-order valence-electron chi connectivity index (χ4n) is 1.51. The molecule has 15 heavy (non-hydrogen) atoms. The molecular formula is C10H11NO4. The largest absolute Gasteiger partial charge is 0.508 e. The summed E-state index contributed by atoms with van der Waals surface area (Å²) in [6.07, 6.45) is -0.790. The summed E-state index contributed by atoms with van der Waals surface area (Å²) in [5.41, 5.74) is 1.19. The first-order chi connectivity index (χ1) is 7.20. The molecule has 0 radical (unpaired) electrons. The van der Waals surface area contributed by atoms with Gasteiger partial charge in [0, 0.05) is 5.56 Å². The first kappa shape index (κ1) is 9.79. The van der Waals surface area contributed by atoms with E-state index in [1.165, 1.54) is 6.07 Å². The molecule has 3 N–H and O–H groups in total. The van der Waals surface area contributed by atoms with Crippen LogP contribution in [-0.4, -0.2) is 22.9 Å². The quantitative estimate of drug-likeness (QED) is 0.668. The summed E-state index contributed by atoms with van der Waals surface area (Å²) < 4.78 is 4.97. The molecule has 1 aromatic carbocycles. The molecule has 1 aliphatic heterocycles. The lowest BCUT2D eigenvalue weighted by Crippen LogP contribution is -2.12. The Balaban J connectivity index is 2.25. The van der Waals surface area contributed by atoms with E-state index in [9.17, 15) is 9.90 Å². The second-order valence-corrected chi connectivity index (χ2v) is 3.32. The number of carbonyl (C=O) groups excluding carboxylic acids is 1. The van der Waals surface area contributed by atoms with Crippen LogP contribution in [0.4, 0.5) is 4.79 Å². The van der Waals surface area contributed by atoms with Gasteiger partial charge in [0.2, 0.25) is 0 Å². The highest BCUT2D eigenvalue weighted by molar-refractivity contribution is 5.69. The summed E-state index contributed by atoms with van der Waals surface area (Å²) in [5, 5.41) is 20.8. The van der Waals surface area contributed by atoms with E-state index in [0.717, 1.165) is 5.56 Å². The Kier molecular flexibility index (Phi) is 2.47. The summed E-state index contributed by atoms with van der Waals surface area (Å²) in [6.45, 7) is 0.169. The number of alkyl carbamates (subject to hydrolysis) is 1. The lowest BCUT2D eigenvalue weighted by Gasteiger charge is -2.10. The summed E-state index contributed by atoms with van der Waals surface area (Å²) in [6, 6.07) is 4.77. The van der Waals surface area contributed by atoms with E-state index in [4.69, 9.17) is 9.84 Å². The average Bonchev–Trinajstić information content (AvgIpc) is 2.66. The van der Waals surface area contributed by atoms with Gasteiger partial charge in [-0.05, 0) is 17.7 Å². The van der Waals surface area contributed by atoms with Crippen molar-refractivity contribution >= 4 is 6.09 Å². The summed E-state index contributed by atoms with van der Waals surface area (Å²) >= 11 is 0. The highest BCUT2D eigenvalue weighted by atomic mass is 16.6. The third-order valence-electron chi connectivity index (χ3n) is 2.33. The van der Waals surface area contributed by atoms with Crippen molar-refractivity contribution in [1.29, 1.82) is 0 Å². The number of aromatic hydroxyl groups is 1. The summed E-state index contributed by atoms with van der Waals surface area (Å²) in [5.74, 6) is 0.0403. The lowest BCUT2D eigenvalue weighted by molar-refractivity contribution is 0.141. The highest BCUT2D eigenvalue weighted by Crippen LogP contribution is 2.26. The van der Waals surface area contributed by atoms with Crippen LogP contribution in [0.3, 0.4) is 0 Å². The standard InChI is InChI=1S/C10H11NO4/c12-5-7-3-6(1-2-8(7)13)9-4-11-10(14)15-9/h1-3,9,12-13H,4-5H2,(H,11,14)/t9-/m0/s1. The van der Waals surface area contributed by atoms with E-state index in [1.807, 2.05) is 0 Å². The van der Waals surface area contributed by atoms with Gasteiger partial charge in [0.1, 0.15) is 11.9 Å². The van der Waals surface area contributed by atoms with Gasteiger partial charge in [-0.2, -0.15) is 0 Å². The number of hydrogen-bond acceptors (Lipinski definition) is 4. The number of nitrogens with one attached hydrogen (secondary N) is 1. The van der Waals surface area contributed by atoms with Crippen molar-refractivity contribution in [3.63, 3.8) is 0 Å². The molecule has 1 fully saturated rings. The number of cyclic esters (lactones) is 1. The fourth-order valence-corrected chi connectivity index (χ4v) is 1.51. The highest BCUT2D eigenvalue weighted by Gasteiger charge is 2.24. The van der Waals surface area contributed by atoms with Crippen LogP contribution in [-0.2, 0) is 11.3 Å². The Morgan fingerprint density at radius 1 is 1.53 bits per heavy atom. The van der Waals surface area contributed by atoms with Crippen LogP contribution in [0.5, 0.6) is 5.75 Å². The monoisotopic (exact) mass is 209 g/mol. The maximum absolute atomic E-state index is 10.8. The number of hydrogen-bond donors (Lipinski definition) is 3. The molecule has 1 amide bonds. The molecule has 5 heteroatoms. The molecule has 0 saturated carbocycles. The van der Waals surface area contributed by atoms with Gasteiger partial charge in [-0.3, -0.25) is 0 Å². The zero-order valence-electron chi connectivity index (χ0n) is 7.93. The summed E-state index contributed by atoms with van der Waals surface area (Å²) in [7, 11) is 0. The van der Waals surface area contributed by atoms with Crippen molar-refractivity contribution < 1.29 is 19.7 Å². The van der Waals surface area contributed by atoms with Crippen LogP contribution in [0.2, 0.25) is 0 Å². The Morgan fingerprint density at radius 2 is 2.33 bits per heavy atom. The van der Waals surface area contributed by atoms with Crippen LogP contribution < -0.4 is 5.32 Å². The number of ether oxygens (including phenoxy) is 1. The average molecular weight is 209 g/mol. The Hall–Kier alpha value is -1.75. The van der Waals surface area contributed by atoms with Crippen molar-refractivity contribution in [3.8, 4) is 5.75 Å². The van der Waals surface area contributed by atoms with Crippen molar-refractivity contribution in [2.75, 3.05) is 6.54 Å². The molecule has 1 heterocycles. The number of carbonyl (C=O) groups is 1. The topological polar surface area (TPSA) is 78.8 Å². The number of aliphatic hydroxyl groups excluding tert-OH is 1. The SMILES string of the molecule is O=C1NC[C@@H](c2ccc(O)c(CO)c2)O1. The van der Waals surface area contributed by atoms with E-state index in [0.29, 0.717) is 12.1 Å². The molecule has 5 nitrogen and oxygen atoms in total. The van der Waals surface area contributed by atoms with Gasteiger partial charge in [-0.15, -0.1) is 0 Å². The predicted molar refractivity (Wildman–Crippen MR) is 51.3 cm³/mol. The van der Waals surface area contributed by atoms with E-state index >= 15 is 0 Å². The summed E-state index contributed by atoms with van der Waals surface area (Å²) in [4.78, 5) is 10.8. The third-order valence-corrected chi connectivity index (χ3v) is 2.33. The van der Waals surface area contributed by atoms with Crippen molar-refractivity contribution in [1.82, 2.24) is 5.32 Å². The minimum atomic E-state index is -0.446.